The highest BCUT2D eigenvalue weighted by atomic mass is 32.2. The normalized spacial score (nSPS) is 11.2. The average molecular weight is 429 g/mol. The standard InChI is InChI=1S/C21H11N5O4S/c27-25(28)12-9-10-18(17(11-12)26(29)30)31-21-22-19-15-7-3-1-5-13(15)14-6-2-4-8-16(14)20(19)23-24-21/h1-11H. The predicted octanol–water partition coefficient (Wildman–Crippen LogP) is 5.30. The molecule has 0 bridgehead atoms. The molecule has 0 unspecified atom stereocenters. The fraction of sp³-hybridized carbons (Fsp3) is 0. The van der Waals surface area contributed by atoms with Crippen molar-refractivity contribution < 1.29 is 9.85 Å². The van der Waals surface area contributed by atoms with Crippen LogP contribution in [0.2, 0.25) is 0 Å². The summed E-state index contributed by atoms with van der Waals surface area (Å²) in [4.78, 5) is 25.9. The fourth-order valence-corrected chi connectivity index (χ4v) is 4.31. The average Bonchev–Trinajstić information content (AvgIpc) is 2.79. The number of nitro groups is 2. The highest BCUT2D eigenvalue weighted by Crippen LogP contribution is 2.37. The van der Waals surface area contributed by atoms with Crippen LogP contribution in [0.5, 0.6) is 0 Å². The Hall–Kier alpha value is -4.18. The van der Waals surface area contributed by atoms with E-state index in [1.165, 1.54) is 12.1 Å². The second kappa shape index (κ2) is 7.26. The number of nitrogens with zero attached hydrogens (tertiary/aromatic N) is 5. The van der Waals surface area contributed by atoms with Gasteiger partial charge in [-0.1, -0.05) is 48.5 Å². The minimum atomic E-state index is -0.674. The molecule has 0 aliphatic heterocycles. The van der Waals surface area contributed by atoms with E-state index in [1.54, 1.807) is 0 Å². The third kappa shape index (κ3) is 3.19. The van der Waals surface area contributed by atoms with Gasteiger partial charge in [-0.05, 0) is 28.6 Å². The number of fused-ring (bicyclic) bond motifs is 6. The molecule has 1 heterocycles. The van der Waals surface area contributed by atoms with Crippen LogP contribution in [-0.2, 0) is 0 Å². The molecule has 0 saturated carbocycles. The molecule has 0 spiro atoms. The van der Waals surface area contributed by atoms with E-state index in [2.05, 4.69) is 15.2 Å². The van der Waals surface area contributed by atoms with Crippen LogP contribution in [0, 0.1) is 20.2 Å². The van der Waals surface area contributed by atoms with Crippen LogP contribution >= 0.6 is 11.8 Å². The molecule has 4 aromatic carbocycles. The Balaban J connectivity index is 1.70. The minimum absolute atomic E-state index is 0.196. The van der Waals surface area contributed by atoms with Gasteiger partial charge in [-0.25, -0.2) is 4.98 Å². The highest BCUT2D eigenvalue weighted by molar-refractivity contribution is 7.99. The summed E-state index contributed by atoms with van der Waals surface area (Å²) in [5.41, 5.74) is 0.533. The molecule has 1 aromatic heterocycles. The smallest absolute Gasteiger partial charge is 0.258 e. The van der Waals surface area contributed by atoms with Gasteiger partial charge in [0.15, 0.2) is 0 Å². The van der Waals surface area contributed by atoms with E-state index >= 15 is 0 Å². The third-order valence-corrected chi connectivity index (χ3v) is 5.79. The molecule has 0 radical (unpaired) electrons. The van der Waals surface area contributed by atoms with Gasteiger partial charge >= 0.3 is 0 Å². The Labute approximate surface area is 178 Å². The minimum Gasteiger partial charge on any atom is -0.258 e. The lowest BCUT2D eigenvalue weighted by molar-refractivity contribution is -0.396. The number of rotatable bonds is 4. The predicted molar refractivity (Wildman–Crippen MR) is 116 cm³/mol. The van der Waals surface area contributed by atoms with Crippen LogP contribution in [0.25, 0.3) is 32.6 Å². The largest absolute Gasteiger partial charge is 0.290 e. The Morgan fingerprint density at radius 1 is 0.710 bits per heavy atom. The van der Waals surface area contributed by atoms with Gasteiger partial charge in [-0.3, -0.25) is 20.2 Å². The number of hydrogen-bond donors (Lipinski definition) is 0. The second-order valence-electron chi connectivity index (χ2n) is 6.65. The van der Waals surface area contributed by atoms with Crippen molar-refractivity contribution in [3.05, 3.63) is 87.0 Å². The number of non-ortho nitro benzene ring substituents is 1. The van der Waals surface area contributed by atoms with Crippen molar-refractivity contribution in [3.63, 3.8) is 0 Å². The van der Waals surface area contributed by atoms with E-state index < -0.39 is 9.85 Å². The molecular weight excluding hydrogens is 418 g/mol. The lowest BCUT2D eigenvalue weighted by atomic mass is 10.00. The Bertz CT molecular complexity index is 1500. The van der Waals surface area contributed by atoms with Gasteiger partial charge in [0.25, 0.3) is 11.4 Å². The van der Waals surface area contributed by atoms with Crippen molar-refractivity contribution in [3.8, 4) is 0 Å². The molecule has 31 heavy (non-hydrogen) atoms. The Morgan fingerprint density at radius 3 is 1.94 bits per heavy atom. The molecule has 0 aliphatic rings. The summed E-state index contributed by atoms with van der Waals surface area (Å²) >= 11 is 0.943. The van der Waals surface area contributed by atoms with Gasteiger partial charge in [0, 0.05) is 16.8 Å². The van der Waals surface area contributed by atoms with Crippen LogP contribution in [0.3, 0.4) is 0 Å². The number of aromatic nitrogens is 3. The summed E-state index contributed by atoms with van der Waals surface area (Å²) in [5, 5.41) is 35.0. The first-order valence-electron chi connectivity index (χ1n) is 9.07. The lowest BCUT2D eigenvalue weighted by Gasteiger charge is -2.09. The van der Waals surface area contributed by atoms with Crippen LogP contribution in [-0.4, -0.2) is 25.0 Å². The molecule has 0 N–H and O–H groups in total. The van der Waals surface area contributed by atoms with Crippen molar-refractivity contribution >= 4 is 55.7 Å². The summed E-state index contributed by atoms with van der Waals surface area (Å²) in [5.74, 6) is 0. The highest BCUT2D eigenvalue weighted by Gasteiger charge is 2.22. The van der Waals surface area contributed by atoms with E-state index in [0.29, 0.717) is 11.0 Å². The van der Waals surface area contributed by atoms with Gasteiger partial charge in [0.2, 0.25) is 5.16 Å². The first-order valence-corrected chi connectivity index (χ1v) is 9.89. The summed E-state index contributed by atoms with van der Waals surface area (Å²) in [6.45, 7) is 0. The molecule has 9 nitrogen and oxygen atoms in total. The molecule has 10 heteroatoms. The van der Waals surface area contributed by atoms with Crippen LogP contribution in [0.15, 0.2) is 76.8 Å². The topological polar surface area (TPSA) is 125 Å². The molecule has 0 fully saturated rings. The maximum Gasteiger partial charge on any atom is 0.290 e. The number of nitro benzene ring substituents is 2. The van der Waals surface area contributed by atoms with E-state index in [1.807, 2.05) is 48.5 Å². The van der Waals surface area contributed by atoms with E-state index in [0.717, 1.165) is 39.4 Å². The SMILES string of the molecule is O=[N+]([O-])c1ccc(Sc2nnc3c4ccccc4c4ccccc4c3n2)c([N+](=O)[O-])c1. The van der Waals surface area contributed by atoms with Crippen LogP contribution in [0.4, 0.5) is 11.4 Å². The third-order valence-electron chi connectivity index (χ3n) is 4.87. The van der Waals surface area contributed by atoms with Crippen molar-refractivity contribution in [2.24, 2.45) is 0 Å². The quantitative estimate of drug-likeness (QED) is 0.214. The molecule has 0 atom stereocenters. The van der Waals surface area contributed by atoms with Gasteiger partial charge in [-0.15, -0.1) is 10.2 Å². The molecular formula is C21H11N5O4S. The van der Waals surface area contributed by atoms with Gasteiger partial charge in [0.1, 0.15) is 11.0 Å². The maximum absolute atomic E-state index is 11.4. The van der Waals surface area contributed by atoms with Crippen molar-refractivity contribution in [2.45, 2.75) is 10.1 Å². The Morgan fingerprint density at radius 2 is 1.32 bits per heavy atom. The zero-order valence-corrected chi connectivity index (χ0v) is 16.4. The van der Waals surface area contributed by atoms with Crippen LogP contribution < -0.4 is 0 Å². The van der Waals surface area contributed by atoms with Crippen molar-refractivity contribution in [1.82, 2.24) is 15.2 Å². The summed E-state index contributed by atoms with van der Waals surface area (Å²) in [7, 11) is 0. The zero-order valence-electron chi connectivity index (χ0n) is 15.6. The van der Waals surface area contributed by atoms with Gasteiger partial charge in [0.05, 0.1) is 20.8 Å². The van der Waals surface area contributed by atoms with E-state index in [4.69, 9.17) is 0 Å². The second-order valence-corrected chi connectivity index (χ2v) is 7.66. The molecule has 5 aromatic rings. The molecule has 5 rings (SSSR count). The monoisotopic (exact) mass is 429 g/mol. The van der Waals surface area contributed by atoms with Crippen molar-refractivity contribution in [1.29, 1.82) is 0 Å². The van der Waals surface area contributed by atoms with E-state index in [9.17, 15) is 20.2 Å². The van der Waals surface area contributed by atoms with Gasteiger partial charge < -0.3 is 0 Å². The fourth-order valence-electron chi connectivity index (χ4n) is 3.52. The number of benzene rings is 4. The summed E-state index contributed by atoms with van der Waals surface area (Å²) in [6, 6.07) is 19.1. The Kier molecular flexibility index (Phi) is 4.41. The van der Waals surface area contributed by atoms with Crippen LogP contribution in [0.1, 0.15) is 0 Å². The molecule has 0 aliphatic carbocycles. The first kappa shape index (κ1) is 18.8. The first-order chi connectivity index (χ1) is 15.0. The number of hydrogen-bond acceptors (Lipinski definition) is 8. The van der Waals surface area contributed by atoms with E-state index in [-0.39, 0.29) is 21.4 Å². The zero-order chi connectivity index (χ0) is 21.5. The molecule has 0 saturated heterocycles. The van der Waals surface area contributed by atoms with Gasteiger partial charge in [-0.2, -0.15) is 0 Å². The summed E-state index contributed by atoms with van der Waals surface area (Å²) in [6.07, 6.45) is 0. The maximum atomic E-state index is 11.4. The lowest BCUT2D eigenvalue weighted by Crippen LogP contribution is -1.97. The summed E-state index contributed by atoms with van der Waals surface area (Å²) < 4.78 is 0. The molecule has 150 valence electrons. The van der Waals surface area contributed by atoms with Crippen molar-refractivity contribution in [2.75, 3.05) is 0 Å². The molecule has 0 amide bonds.